The molecular weight excluding hydrogens is 316 g/mol. The van der Waals surface area contributed by atoms with Crippen LogP contribution in [0.4, 0.5) is 0 Å². The third-order valence-electron chi connectivity index (χ3n) is 3.77. The summed E-state index contributed by atoms with van der Waals surface area (Å²) in [7, 11) is 1.44. The van der Waals surface area contributed by atoms with Crippen molar-refractivity contribution in [2.75, 3.05) is 33.4 Å². The Hall–Kier alpha value is -2.32. The minimum Gasteiger partial charge on any atom is -0.504 e. The van der Waals surface area contributed by atoms with Gasteiger partial charge in [0.25, 0.3) is 5.91 Å². The molecule has 1 saturated heterocycles. The van der Waals surface area contributed by atoms with Gasteiger partial charge in [-0.05, 0) is 18.6 Å². The van der Waals surface area contributed by atoms with E-state index in [1.165, 1.54) is 18.1 Å². The molecule has 1 fully saturated rings. The number of piperidine rings is 1. The number of rotatable bonds is 6. The van der Waals surface area contributed by atoms with E-state index in [4.69, 9.17) is 9.47 Å². The number of carbonyl (C=O) groups is 2. The number of phenolic OH excluding ortho intramolecular Hbond substituents is 1. The van der Waals surface area contributed by atoms with Gasteiger partial charge in [-0.2, -0.15) is 0 Å². The lowest BCUT2D eigenvalue weighted by atomic mass is 10.0. The summed E-state index contributed by atoms with van der Waals surface area (Å²) in [6.45, 7) is 0.281. The molecule has 0 aromatic heterocycles. The van der Waals surface area contributed by atoms with E-state index in [9.17, 15) is 19.8 Å². The Morgan fingerprint density at radius 2 is 2.08 bits per heavy atom. The molecule has 0 saturated carbocycles. The SMILES string of the molecule is COCC(=O)N1CC[C@@H](NC(=O)COc2ccccc2O)[C@H](O)C1. The molecule has 1 aliphatic rings. The van der Waals surface area contributed by atoms with Crippen LogP contribution in [0.2, 0.25) is 0 Å². The molecule has 1 heterocycles. The summed E-state index contributed by atoms with van der Waals surface area (Å²) in [6.07, 6.45) is -0.410. The number of amides is 2. The van der Waals surface area contributed by atoms with Gasteiger partial charge in [-0.25, -0.2) is 0 Å². The number of benzene rings is 1. The smallest absolute Gasteiger partial charge is 0.258 e. The second kappa shape index (κ2) is 8.51. The Morgan fingerprint density at radius 3 is 2.75 bits per heavy atom. The van der Waals surface area contributed by atoms with Crippen molar-refractivity contribution in [3.05, 3.63) is 24.3 Å². The quantitative estimate of drug-likeness (QED) is 0.645. The fraction of sp³-hybridized carbons (Fsp3) is 0.500. The summed E-state index contributed by atoms with van der Waals surface area (Å²) >= 11 is 0. The van der Waals surface area contributed by atoms with Crippen molar-refractivity contribution in [1.82, 2.24) is 10.2 Å². The number of carbonyl (C=O) groups excluding carboxylic acids is 2. The first-order valence-electron chi connectivity index (χ1n) is 7.66. The lowest BCUT2D eigenvalue weighted by Gasteiger charge is -2.36. The number of phenols is 1. The number of para-hydroxylation sites is 2. The number of nitrogens with one attached hydrogen (secondary N) is 1. The van der Waals surface area contributed by atoms with Gasteiger partial charge in [-0.1, -0.05) is 12.1 Å². The van der Waals surface area contributed by atoms with Crippen LogP contribution in [0, 0.1) is 0 Å². The van der Waals surface area contributed by atoms with Crippen LogP contribution in [-0.2, 0) is 14.3 Å². The van der Waals surface area contributed by atoms with Gasteiger partial charge in [-0.15, -0.1) is 0 Å². The number of aromatic hydroxyl groups is 1. The molecular formula is C16H22N2O6. The molecule has 132 valence electrons. The van der Waals surface area contributed by atoms with Crippen molar-refractivity contribution in [2.45, 2.75) is 18.6 Å². The molecule has 0 spiro atoms. The molecule has 1 aliphatic heterocycles. The molecule has 0 bridgehead atoms. The first-order valence-corrected chi connectivity index (χ1v) is 7.66. The monoisotopic (exact) mass is 338 g/mol. The largest absolute Gasteiger partial charge is 0.504 e. The summed E-state index contributed by atoms with van der Waals surface area (Å²) in [5.41, 5.74) is 0. The van der Waals surface area contributed by atoms with Gasteiger partial charge in [0, 0.05) is 20.2 Å². The molecule has 1 aromatic carbocycles. The zero-order valence-corrected chi connectivity index (χ0v) is 13.5. The number of methoxy groups -OCH3 is 1. The number of hydrogen-bond acceptors (Lipinski definition) is 6. The van der Waals surface area contributed by atoms with Crippen molar-refractivity contribution in [3.63, 3.8) is 0 Å². The van der Waals surface area contributed by atoms with E-state index >= 15 is 0 Å². The van der Waals surface area contributed by atoms with Crippen molar-refractivity contribution < 1.29 is 29.3 Å². The molecule has 1 aromatic rings. The lowest BCUT2D eigenvalue weighted by Crippen LogP contribution is -2.56. The summed E-state index contributed by atoms with van der Waals surface area (Å²) in [5.74, 6) is -0.424. The van der Waals surface area contributed by atoms with Crippen LogP contribution in [0.3, 0.4) is 0 Å². The zero-order chi connectivity index (χ0) is 17.5. The number of likely N-dealkylation sites (tertiary alicyclic amines) is 1. The molecule has 2 amide bonds. The van der Waals surface area contributed by atoms with Crippen LogP contribution in [0.25, 0.3) is 0 Å². The molecule has 0 radical (unpaired) electrons. The second-order valence-electron chi connectivity index (χ2n) is 5.56. The van der Waals surface area contributed by atoms with Crippen LogP contribution < -0.4 is 10.1 Å². The average molecular weight is 338 g/mol. The molecule has 24 heavy (non-hydrogen) atoms. The summed E-state index contributed by atoms with van der Waals surface area (Å²) in [6, 6.07) is 5.90. The zero-order valence-electron chi connectivity index (χ0n) is 13.5. The van der Waals surface area contributed by atoms with Crippen molar-refractivity contribution in [2.24, 2.45) is 0 Å². The summed E-state index contributed by atoms with van der Waals surface area (Å²) in [4.78, 5) is 25.2. The Morgan fingerprint density at radius 1 is 1.33 bits per heavy atom. The van der Waals surface area contributed by atoms with Crippen molar-refractivity contribution >= 4 is 11.8 Å². The Balaban J connectivity index is 1.78. The maximum Gasteiger partial charge on any atom is 0.258 e. The number of β-amino-alcohol motifs (C(OH)–C–C–N with tert-alkyl or cyclic N) is 1. The number of ether oxygens (including phenoxy) is 2. The number of nitrogens with zero attached hydrogens (tertiary/aromatic N) is 1. The van der Waals surface area contributed by atoms with E-state index in [2.05, 4.69) is 5.32 Å². The minimum atomic E-state index is -0.853. The first-order chi connectivity index (χ1) is 11.5. The van der Waals surface area contributed by atoms with Crippen LogP contribution in [-0.4, -0.2) is 72.5 Å². The number of aliphatic hydroxyl groups is 1. The molecule has 2 atom stereocenters. The Labute approximate surface area is 140 Å². The summed E-state index contributed by atoms with van der Waals surface area (Å²) in [5, 5.41) is 22.4. The van der Waals surface area contributed by atoms with E-state index < -0.39 is 18.1 Å². The maximum atomic E-state index is 11.9. The molecule has 0 unspecified atom stereocenters. The van der Waals surface area contributed by atoms with E-state index in [1.807, 2.05) is 0 Å². The first kappa shape index (κ1) is 18.0. The third kappa shape index (κ3) is 4.84. The topological polar surface area (TPSA) is 108 Å². The normalized spacial score (nSPS) is 20.5. The number of hydrogen-bond donors (Lipinski definition) is 3. The molecule has 2 rings (SSSR count). The Kier molecular flexibility index (Phi) is 6.39. The van der Waals surface area contributed by atoms with Crippen molar-refractivity contribution in [1.29, 1.82) is 0 Å². The van der Waals surface area contributed by atoms with Crippen LogP contribution in [0.15, 0.2) is 24.3 Å². The minimum absolute atomic E-state index is 0.0296. The lowest BCUT2D eigenvalue weighted by molar-refractivity contribution is -0.139. The maximum absolute atomic E-state index is 11.9. The van der Waals surface area contributed by atoms with E-state index in [-0.39, 0.29) is 37.2 Å². The van der Waals surface area contributed by atoms with E-state index in [1.54, 1.807) is 18.2 Å². The van der Waals surface area contributed by atoms with Crippen LogP contribution in [0.1, 0.15) is 6.42 Å². The average Bonchev–Trinajstić information content (AvgIpc) is 2.56. The van der Waals surface area contributed by atoms with E-state index in [0.29, 0.717) is 13.0 Å². The predicted molar refractivity (Wildman–Crippen MR) is 84.6 cm³/mol. The Bertz CT molecular complexity index is 579. The van der Waals surface area contributed by atoms with Gasteiger partial charge < -0.3 is 29.9 Å². The predicted octanol–water partition coefficient (Wildman–Crippen LogP) is -0.505. The molecule has 3 N–H and O–H groups in total. The molecule has 8 nitrogen and oxygen atoms in total. The van der Waals surface area contributed by atoms with Crippen LogP contribution >= 0.6 is 0 Å². The third-order valence-corrected chi connectivity index (χ3v) is 3.77. The standard InChI is InChI=1S/C16H22N2O6/c1-23-10-16(22)18-7-6-11(13(20)8-18)17-15(21)9-24-14-5-3-2-4-12(14)19/h2-5,11,13,19-20H,6-10H2,1H3,(H,17,21)/t11-,13-/m1/s1. The highest BCUT2D eigenvalue weighted by Gasteiger charge is 2.31. The van der Waals surface area contributed by atoms with Gasteiger partial charge in [0.1, 0.15) is 6.61 Å². The highest BCUT2D eigenvalue weighted by atomic mass is 16.5. The second-order valence-corrected chi connectivity index (χ2v) is 5.56. The molecule has 0 aliphatic carbocycles. The highest BCUT2D eigenvalue weighted by molar-refractivity contribution is 5.79. The van der Waals surface area contributed by atoms with Crippen molar-refractivity contribution in [3.8, 4) is 11.5 Å². The fourth-order valence-electron chi connectivity index (χ4n) is 2.51. The van der Waals surface area contributed by atoms with E-state index in [0.717, 1.165) is 0 Å². The highest BCUT2D eigenvalue weighted by Crippen LogP contribution is 2.24. The molecule has 8 heteroatoms. The van der Waals surface area contributed by atoms with Gasteiger partial charge >= 0.3 is 0 Å². The van der Waals surface area contributed by atoms with Gasteiger partial charge in [0.05, 0.1) is 12.1 Å². The number of aliphatic hydroxyl groups excluding tert-OH is 1. The fourth-order valence-corrected chi connectivity index (χ4v) is 2.51. The van der Waals surface area contributed by atoms with Gasteiger partial charge in [0.15, 0.2) is 18.1 Å². The van der Waals surface area contributed by atoms with Crippen LogP contribution in [0.5, 0.6) is 11.5 Å². The van der Waals surface area contributed by atoms with Gasteiger partial charge in [-0.3, -0.25) is 9.59 Å². The van der Waals surface area contributed by atoms with Gasteiger partial charge in [0.2, 0.25) is 5.91 Å². The summed E-state index contributed by atoms with van der Waals surface area (Å²) < 4.78 is 10.0.